The van der Waals surface area contributed by atoms with E-state index in [0.29, 0.717) is 28.4 Å². The number of hydrogen-bond acceptors (Lipinski definition) is 8. The minimum absolute atomic E-state index is 0.00501. The van der Waals surface area contributed by atoms with Crippen molar-refractivity contribution >= 4 is 33.9 Å². The van der Waals surface area contributed by atoms with Crippen LogP contribution >= 0.6 is 11.6 Å². The van der Waals surface area contributed by atoms with E-state index in [4.69, 9.17) is 20.8 Å². The Bertz CT molecular complexity index is 1600. The molecule has 5 aromatic rings. The van der Waals surface area contributed by atoms with Crippen molar-refractivity contribution in [2.75, 3.05) is 7.11 Å². The molecule has 0 fully saturated rings. The van der Waals surface area contributed by atoms with Crippen molar-refractivity contribution in [2.45, 2.75) is 13.8 Å². The van der Waals surface area contributed by atoms with Gasteiger partial charge < -0.3 is 9.15 Å². The molecular formula is C21H14ClFN6O3. The molecule has 0 aliphatic carbocycles. The van der Waals surface area contributed by atoms with Crippen LogP contribution in [0.15, 0.2) is 39.7 Å². The molecule has 0 atom stereocenters. The molecule has 0 unspecified atom stereocenters. The second-order valence-corrected chi connectivity index (χ2v) is 7.40. The summed E-state index contributed by atoms with van der Waals surface area (Å²) in [4.78, 5) is 30.5. The summed E-state index contributed by atoms with van der Waals surface area (Å²) in [6, 6.07) is 5.64. The second kappa shape index (κ2) is 7.34. The molecule has 5 rings (SSSR count). The molecule has 0 aliphatic heterocycles. The van der Waals surface area contributed by atoms with Crippen LogP contribution in [0.3, 0.4) is 0 Å². The molecule has 0 saturated heterocycles. The molecule has 0 aliphatic rings. The topological polar surface area (TPSA) is 109 Å². The van der Waals surface area contributed by atoms with Crippen LogP contribution in [0, 0.1) is 19.7 Å². The standard InChI is InChI=1S/C21H14ClFN6O3/c1-9-10(2)26-20-17(25-9)19(30)18(28-29(20)14-5-4-11(22)6-12(14)23)21-27-13-8-24-16(31-3)7-15(13)32-21/h4-8H,1-3H3. The number of hydrogen-bond donors (Lipinski definition) is 0. The highest BCUT2D eigenvalue weighted by molar-refractivity contribution is 6.30. The molecule has 0 N–H and O–H groups in total. The summed E-state index contributed by atoms with van der Waals surface area (Å²) in [6.07, 6.45) is 1.45. The van der Waals surface area contributed by atoms with E-state index in [2.05, 4.69) is 25.0 Å². The zero-order valence-corrected chi connectivity index (χ0v) is 17.8. The first-order chi connectivity index (χ1) is 15.4. The highest BCUT2D eigenvalue weighted by Crippen LogP contribution is 2.26. The van der Waals surface area contributed by atoms with Crippen LogP contribution in [0.4, 0.5) is 4.39 Å². The predicted octanol–water partition coefficient (Wildman–Crippen LogP) is 3.80. The van der Waals surface area contributed by atoms with E-state index in [9.17, 15) is 9.18 Å². The number of fused-ring (bicyclic) bond motifs is 2. The molecule has 4 aromatic heterocycles. The average molecular weight is 453 g/mol. The number of aryl methyl sites for hydroxylation is 2. The molecule has 160 valence electrons. The van der Waals surface area contributed by atoms with Gasteiger partial charge in [-0.1, -0.05) is 11.6 Å². The third kappa shape index (κ3) is 3.16. The Labute approximate surface area is 184 Å². The highest BCUT2D eigenvalue weighted by Gasteiger charge is 2.22. The van der Waals surface area contributed by atoms with Crippen LogP contribution in [0.25, 0.3) is 39.5 Å². The monoisotopic (exact) mass is 452 g/mol. The predicted molar refractivity (Wildman–Crippen MR) is 115 cm³/mol. The van der Waals surface area contributed by atoms with Gasteiger partial charge in [0.05, 0.1) is 24.7 Å². The van der Waals surface area contributed by atoms with E-state index >= 15 is 0 Å². The lowest BCUT2D eigenvalue weighted by atomic mass is 10.2. The number of oxazole rings is 1. The van der Waals surface area contributed by atoms with Crippen molar-refractivity contribution in [3.63, 3.8) is 0 Å². The largest absolute Gasteiger partial charge is 0.481 e. The number of halogens is 2. The molecule has 1 aromatic carbocycles. The fourth-order valence-electron chi connectivity index (χ4n) is 3.18. The van der Waals surface area contributed by atoms with Crippen molar-refractivity contribution in [2.24, 2.45) is 0 Å². The maximum absolute atomic E-state index is 14.8. The van der Waals surface area contributed by atoms with Crippen molar-refractivity contribution in [1.82, 2.24) is 29.7 Å². The lowest BCUT2D eigenvalue weighted by molar-refractivity contribution is 0.398. The molecule has 0 radical (unpaired) electrons. The van der Waals surface area contributed by atoms with Crippen molar-refractivity contribution < 1.29 is 13.5 Å². The van der Waals surface area contributed by atoms with Gasteiger partial charge in [0.1, 0.15) is 17.0 Å². The first-order valence-corrected chi connectivity index (χ1v) is 9.78. The van der Waals surface area contributed by atoms with Gasteiger partial charge >= 0.3 is 0 Å². The quantitative estimate of drug-likeness (QED) is 0.406. The summed E-state index contributed by atoms with van der Waals surface area (Å²) in [5.41, 5.74) is 1.33. The molecule has 4 heterocycles. The summed E-state index contributed by atoms with van der Waals surface area (Å²) in [5, 5.41) is 4.57. The van der Waals surface area contributed by atoms with Crippen molar-refractivity contribution in [3.05, 3.63) is 62.9 Å². The number of pyridine rings is 1. The molecular weight excluding hydrogens is 439 g/mol. The van der Waals surface area contributed by atoms with Gasteiger partial charge in [-0.25, -0.2) is 29.0 Å². The highest BCUT2D eigenvalue weighted by atomic mass is 35.5. The van der Waals surface area contributed by atoms with Gasteiger partial charge in [-0.3, -0.25) is 4.79 Å². The average Bonchev–Trinajstić information content (AvgIpc) is 3.19. The van der Waals surface area contributed by atoms with Crippen LogP contribution in [-0.2, 0) is 0 Å². The Hall–Kier alpha value is -3.92. The van der Waals surface area contributed by atoms with E-state index in [-0.39, 0.29) is 33.5 Å². The van der Waals surface area contributed by atoms with Crippen LogP contribution in [-0.4, -0.2) is 36.8 Å². The Morgan fingerprint density at radius 1 is 1.12 bits per heavy atom. The number of aromatic nitrogens is 6. The minimum atomic E-state index is -0.646. The molecule has 11 heteroatoms. The molecule has 0 bridgehead atoms. The zero-order valence-electron chi connectivity index (χ0n) is 17.1. The first-order valence-electron chi connectivity index (χ1n) is 9.40. The Morgan fingerprint density at radius 3 is 2.66 bits per heavy atom. The summed E-state index contributed by atoms with van der Waals surface area (Å²) in [5.74, 6) is -0.387. The number of nitrogens with zero attached hydrogens (tertiary/aromatic N) is 6. The van der Waals surface area contributed by atoms with Gasteiger partial charge in [0.2, 0.25) is 11.3 Å². The number of benzene rings is 1. The van der Waals surface area contributed by atoms with E-state index in [1.165, 1.54) is 36.2 Å². The van der Waals surface area contributed by atoms with E-state index < -0.39 is 11.2 Å². The van der Waals surface area contributed by atoms with Gasteiger partial charge in [-0.15, -0.1) is 0 Å². The Morgan fingerprint density at radius 2 is 1.91 bits per heavy atom. The first kappa shape index (κ1) is 20.0. The van der Waals surface area contributed by atoms with Crippen molar-refractivity contribution in [3.8, 4) is 23.2 Å². The van der Waals surface area contributed by atoms with Crippen LogP contribution in [0.2, 0.25) is 5.02 Å². The molecule has 9 nitrogen and oxygen atoms in total. The number of methoxy groups -OCH3 is 1. The second-order valence-electron chi connectivity index (χ2n) is 6.97. The Balaban J connectivity index is 1.85. The van der Waals surface area contributed by atoms with Crippen LogP contribution < -0.4 is 10.2 Å². The lowest BCUT2D eigenvalue weighted by Crippen LogP contribution is -2.19. The number of ether oxygens (including phenoxy) is 1. The SMILES string of the molecule is COc1cc2oc(-c3nn(-c4ccc(Cl)cc4F)c4nc(C)c(C)nc4c3=O)nc2cn1. The minimum Gasteiger partial charge on any atom is -0.481 e. The molecule has 0 amide bonds. The molecule has 32 heavy (non-hydrogen) atoms. The summed E-state index contributed by atoms with van der Waals surface area (Å²) in [7, 11) is 1.47. The van der Waals surface area contributed by atoms with Gasteiger partial charge in [0.15, 0.2) is 22.4 Å². The van der Waals surface area contributed by atoms with Crippen LogP contribution in [0.5, 0.6) is 5.88 Å². The van der Waals surface area contributed by atoms with Gasteiger partial charge in [0.25, 0.3) is 5.89 Å². The van der Waals surface area contributed by atoms with E-state index in [1.54, 1.807) is 13.8 Å². The summed E-state index contributed by atoms with van der Waals surface area (Å²) < 4.78 is 26.8. The maximum atomic E-state index is 14.8. The van der Waals surface area contributed by atoms with E-state index in [1.807, 2.05) is 0 Å². The zero-order chi connectivity index (χ0) is 22.6. The maximum Gasteiger partial charge on any atom is 0.252 e. The molecule has 0 saturated carbocycles. The van der Waals surface area contributed by atoms with Gasteiger partial charge in [-0.05, 0) is 32.0 Å². The fourth-order valence-corrected chi connectivity index (χ4v) is 3.34. The lowest BCUT2D eigenvalue weighted by Gasteiger charge is -2.12. The summed E-state index contributed by atoms with van der Waals surface area (Å²) in [6.45, 7) is 3.47. The van der Waals surface area contributed by atoms with Gasteiger partial charge in [-0.2, -0.15) is 5.10 Å². The Kier molecular flexibility index (Phi) is 4.59. The van der Waals surface area contributed by atoms with Crippen LogP contribution in [0.1, 0.15) is 11.4 Å². The third-order valence-electron chi connectivity index (χ3n) is 4.92. The smallest absolute Gasteiger partial charge is 0.252 e. The number of rotatable bonds is 3. The third-order valence-corrected chi connectivity index (χ3v) is 5.15. The fraction of sp³-hybridized carbons (Fsp3) is 0.143. The summed E-state index contributed by atoms with van der Waals surface area (Å²) >= 11 is 5.90. The molecule has 0 spiro atoms. The van der Waals surface area contributed by atoms with Crippen molar-refractivity contribution in [1.29, 1.82) is 0 Å². The van der Waals surface area contributed by atoms with E-state index in [0.717, 1.165) is 6.07 Å². The normalized spacial score (nSPS) is 11.4. The van der Waals surface area contributed by atoms with Gasteiger partial charge in [0, 0.05) is 11.1 Å².